The Morgan fingerprint density at radius 3 is 2.35 bits per heavy atom. The van der Waals surface area contributed by atoms with Gasteiger partial charge in [-0.1, -0.05) is 42.0 Å². The van der Waals surface area contributed by atoms with E-state index in [9.17, 15) is 8.42 Å². The van der Waals surface area contributed by atoms with E-state index in [2.05, 4.69) is 20.6 Å². The van der Waals surface area contributed by atoms with Gasteiger partial charge in [0.25, 0.3) is 0 Å². The van der Waals surface area contributed by atoms with Crippen LogP contribution in [0.15, 0.2) is 63.0 Å². The number of aryl methyl sites for hydroxylation is 2. The molecule has 9 heteroatoms. The summed E-state index contributed by atoms with van der Waals surface area (Å²) in [6.07, 6.45) is 2.93. The number of nitrogens with one attached hydrogen (secondary N) is 2. The molecule has 1 aromatic heterocycles. The lowest BCUT2D eigenvalue weighted by molar-refractivity contribution is 0.497. The third kappa shape index (κ3) is 6.79. The van der Waals surface area contributed by atoms with Gasteiger partial charge in [-0.25, -0.2) is 13.4 Å². The Balaban J connectivity index is 0.00000341. The van der Waals surface area contributed by atoms with E-state index in [1.165, 1.54) is 11.8 Å². The minimum absolute atomic E-state index is 0. The van der Waals surface area contributed by atoms with Gasteiger partial charge < -0.3 is 15.1 Å². The Bertz CT molecular complexity index is 1160. The van der Waals surface area contributed by atoms with Gasteiger partial charge in [0.05, 0.1) is 17.6 Å². The molecular weight excluding hydrogens is 527 g/mol. The molecule has 3 aromatic rings. The number of oxazole rings is 1. The normalized spacial score (nSPS) is 11.7. The Hall–Kier alpha value is -2.40. The number of halogens is 1. The van der Waals surface area contributed by atoms with Crippen LogP contribution in [0, 0.1) is 13.8 Å². The molecule has 0 saturated heterocycles. The first-order chi connectivity index (χ1) is 14.3. The highest BCUT2D eigenvalue weighted by Crippen LogP contribution is 2.20. The fourth-order valence-electron chi connectivity index (χ4n) is 3.05. The van der Waals surface area contributed by atoms with E-state index < -0.39 is 9.84 Å². The molecule has 0 bridgehead atoms. The lowest BCUT2D eigenvalue weighted by Crippen LogP contribution is -2.36. The lowest BCUT2D eigenvalue weighted by atomic mass is 10.1. The Kier molecular flexibility index (Phi) is 8.63. The van der Waals surface area contributed by atoms with E-state index in [1.807, 2.05) is 37.3 Å². The van der Waals surface area contributed by atoms with Crippen molar-refractivity contribution in [3.05, 3.63) is 71.2 Å². The fourth-order valence-corrected chi connectivity index (χ4v) is 4.01. The third-order valence-corrected chi connectivity index (χ3v) is 5.88. The Labute approximate surface area is 200 Å². The summed E-state index contributed by atoms with van der Waals surface area (Å²) in [6, 6.07) is 13.4. The second-order valence-corrected chi connectivity index (χ2v) is 9.12. The number of aliphatic imine (C=N–C) groups is 1. The first kappa shape index (κ1) is 24.9. The minimum Gasteiger partial charge on any atom is -0.439 e. The summed E-state index contributed by atoms with van der Waals surface area (Å²) >= 11 is 0. The van der Waals surface area contributed by atoms with Crippen LogP contribution in [0.4, 0.5) is 0 Å². The van der Waals surface area contributed by atoms with E-state index >= 15 is 0 Å². The number of rotatable bonds is 6. The van der Waals surface area contributed by atoms with Crippen LogP contribution in [-0.2, 0) is 22.9 Å². The third-order valence-electron chi connectivity index (χ3n) is 4.62. The van der Waals surface area contributed by atoms with Crippen molar-refractivity contribution in [1.29, 1.82) is 0 Å². The summed E-state index contributed by atoms with van der Waals surface area (Å²) in [5, 5.41) is 6.37. The molecule has 7 nitrogen and oxygen atoms in total. The average Bonchev–Trinajstić information content (AvgIpc) is 3.17. The van der Waals surface area contributed by atoms with Gasteiger partial charge in [-0.2, -0.15) is 0 Å². The fraction of sp³-hybridized carbons (Fsp3) is 0.273. The number of hydrogen-bond donors (Lipinski definition) is 2. The van der Waals surface area contributed by atoms with Crippen molar-refractivity contribution in [2.45, 2.75) is 31.8 Å². The molecule has 166 valence electrons. The van der Waals surface area contributed by atoms with Crippen molar-refractivity contribution in [2.75, 3.05) is 13.3 Å². The molecule has 0 fully saturated rings. The summed E-state index contributed by atoms with van der Waals surface area (Å²) < 4.78 is 29.3. The summed E-state index contributed by atoms with van der Waals surface area (Å²) in [6.45, 7) is 4.73. The van der Waals surface area contributed by atoms with Crippen molar-refractivity contribution >= 4 is 39.8 Å². The van der Waals surface area contributed by atoms with Crippen molar-refractivity contribution in [3.8, 4) is 11.3 Å². The summed E-state index contributed by atoms with van der Waals surface area (Å²) in [5.74, 6) is 1.87. The van der Waals surface area contributed by atoms with Crippen LogP contribution in [0.2, 0.25) is 0 Å². The number of guanidine groups is 1. The quantitative estimate of drug-likeness (QED) is 0.273. The SMILES string of the molecule is CN=C(NCc1ccc(S(C)(=O)=O)c(C)c1)NCc1ncc(-c2ccc(C)cc2)o1.I. The zero-order valence-corrected chi connectivity index (χ0v) is 21.1. The van der Waals surface area contributed by atoms with Crippen LogP contribution in [0.5, 0.6) is 0 Å². The molecule has 3 rings (SSSR count). The number of nitrogens with zero attached hydrogens (tertiary/aromatic N) is 2. The molecule has 2 N–H and O–H groups in total. The van der Waals surface area contributed by atoms with Crippen molar-refractivity contribution in [1.82, 2.24) is 15.6 Å². The van der Waals surface area contributed by atoms with Gasteiger partial charge >= 0.3 is 0 Å². The highest BCUT2D eigenvalue weighted by Gasteiger charge is 2.11. The van der Waals surface area contributed by atoms with Crippen molar-refractivity contribution in [2.24, 2.45) is 4.99 Å². The average molecular weight is 554 g/mol. The molecular formula is C22H27IN4O3S. The summed E-state index contributed by atoms with van der Waals surface area (Å²) in [4.78, 5) is 8.87. The van der Waals surface area contributed by atoms with Gasteiger partial charge in [-0.3, -0.25) is 4.99 Å². The molecule has 0 amide bonds. The highest BCUT2D eigenvalue weighted by molar-refractivity contribution is 14.0. The van der Waals surface area contributed by atoms with Gasteiger partial charge in [0, 0.05) is 25.4 Å². The van der Waals surface area contributed by atoms with E-state index in [0.29, 0.717) is 29.8 Å². The van der Waals surface area contributed by atoms with Crippen molar-refractivity contribution in [3.63, 3.8) is 0 Å². The van der Waals surface area contributed by atoms with Crippen LogP contribution >= 0.6 is 24.0 Å². The molecule has 0 radical (unpaired) electrons. The maximum absolute atomic E-state index is 11.7. The molecule has 0 atom stereocenters. The van der Waals surface area contributed by atoms with Crippen molar-refractivity contribution < 1.29 is 12.8 Å². The Morgan fingerprint density at radius 2 is 1.74 bits per heavy atom. The van der Waals surface area contributed by atoms with Gasteiger partial charge in [-0.05, 0) is 31.0 Å². The van der Waals surface area contributed by atoms with Crippen LogP contribution in [0.25, 0.3) is 11.3 Å². The summed E-state index contributed by atoms with van der Waals surface area (Å²) in [5.41, 5.74) is 3.86. The van der Waals surface area contributed by atoms with Gasteiger partial charge in [-0.15, -0.1) is 24.0 Å². The predicted octanol–water partition coefficient (Wildman–Crippen LogP) is 3.85. The van der Waals surface area contributed by atoms with Crippen LogP contribution in [0.1, 0.15) is 22.6 Å². The van der Waals surface area contributed by atoms with Crippen LogP contribution in [-0.4, -0.2) is 32.7 Å². The zero-order chi connectivity index (χ0) is 21.7. The second kappa shape index (κ2) is 10.8. The topological polar surface area (TPSA) is 96.6 Å². The van der Waals surface area contributed by atoms with E-state index in [4.69, 9.17) is 4.42 Å². The second-order valence-electron chi connectivity index (χ2n) is 7.14. The molecule has 2 aromatic carbocycles. The highest BCUT2D eigenvalue weighted by atomic mass is 127. The maximum Gasteiger partial charge on any atom is 0.214 e. The first-order valence-corrected chi connectivity index (χ1v) is 11.4. The smallest absolute Gasteiger partial charge is 0.214 e. The lowest BCUT2D eigenvalue weighted by Gasteiger charge is -2.12. The molecule has 1 heterocycles. The monoisotopic (exact) mass is 554 g/mol. The van der Waals surface area contributed by atoms with Gasteiger partial charge in [0.1, 0.15) is 0 Å². The molecule has 0 unspecified atom stereocenters. The van der Waals surface area contributed by atoms with E-state index in [-0.39, 0.29) is 24.0 Å². The largest absolute Gasteiger partial charge is 0.439 e. The molecule has 31 heavy (non-hydrogen) atoms. The number of benzene rings is 2. The molecule has 0 saturated carbocycles. The zero-order valence-electron chi connectivity index (χ0n) is 18.0. The van der Waals surface area contributed by atoms with Gasteiger partial charge in [0.15, 0.2) is 21.6 Å². The maximum atomic E-state index is 11.7. The first-order valence-electron chi connectivity index (χ1n) is 9.52. The molecule has 0 aliphatic carbocycles. The van der Waals surface area contributed by atoms with Crippen LogP contribution < -0.4 is 10.6 Å². The Morgan fingerprint density at radius 1 is 1.06 bits per heavy atom. The molecule has 0 aliphatic heterocycles. The minimum atomic E-state index is -3.22. The van der Waals surface area contributed by atoms with E-state index in [0.717, 1.165) is 22.5 Å². The molecule has 0 aliphatic rings. The molecule has 0 spiro atoms. The predicted molar refractivity (Wildman–Crippen MR) is 133 cm³/mol. The van der Waals surface area contributed by atoms with Gasteiger partial charge in [0.2, 0.25) is 5.89 Å². The van der Waals surface area contributed by atoms with E-state index in [1.54, 1.807) is 32.3 Å². The number of hydrogen-bond acceptors (Lipinski definition) is 5. The standard InChI is InChI=1S/C22H26N4O3S.HI/c1-15-5-8-18(9-6-15)19-13-24-21(29-19)14-26-22(23-3)25-12-17-7-10-20(16(2)11-17)30(4,27)28;/h5-11,13H,12,14H2,1-4H3,(H2,23,25,26);1H. The van der Waals surface area contributed by atoms with Crippen LogP contribution in [0.3, 0.4) is 0 Å². The number of sulfone groups is 1. The summed E-state index contributed by atoms with van der Waals surface area (Å²) in [7, 11) is -1.54. The number of aromatic nitrogens is 1.